The second-order valence-electron chi connectivity index (χ2n) is 14.8. The summed E-state index contributed by atoms with van der Waals surface area (Å²) in [5.74, 6) is -2.96. The molecule has 0 bridgehead atoms. The highest BCUT2D eigenvalue weighted by atomic mass is 19.2. The molecule has 4 fully saturated rings. The van der Waals surface area contributed by atoms with E-state index in [1.165, 1.54) is 18.3 Å². The largest absolute Gasteiger partial charge is 0.461 e. The smallest absolute Gasteiger partial charge is 0.319 e. The summed E-state index contributed by atoms with van der Waals surface area (Å²) < 4.78 is 72.9. The zero-order chi connectivity index (χ0) is 38.1. The molecule has 15 heteroatoms. The Kier molecular flexibility index (Phi) is 10.6. The summed E-state index contributed by atoms with van der Waals surface area (Å²) in [5, 5.41) is 0.505. The number of ether oxygens (including phenoxy) is 2. The number of benzene rings is 2. The lowest BCUT2D eigenvalue weighted by Crippen LogP contribution is -2.56. The number of halogens is 4. The van der Waals surface area contributed by atoms with Crippen molar-refractivity contribution in [3.05, 3.63) is 77.5 Å². The van der Waals surface area contributed by atoms with Gasteiger partial charge in [-0.05, 0) is 37.3 Å². The lowest BCUT2D eigenvalue weighted by molar-refractivity contribution is -0.128. The highest BCUT2D eigenvalue weighted by molar-refractivity contribution is 5.99. The maximum absolute atomic E-state index is 16.9. The van der Waals surface area contributed by atoms with Crippen molar-refractivity contribution in [3.8, 4) is 17.3 Å². The lowest BCUT2D eigenvalue weighted by atomic mass is 9.95. The molecule has 4 aliphatic rings. The number of carbonyl (C=O) groups excluding carboxylic acids is 1. The van der Waals surface area contributed by atoms with Crippen LogP contribution in [0.3, 0.4) is 0 Å². The molecule has 0 aliphatic carbocycles. The molecule has 4 aliphatic heterocycles. The summed E-state index contributed by atoms with van der Waals surface area (Å²) in [4.78, 5) is 38.7. The van der Waals surface area contributed by atoms with E-state index >= 15 is 8.78 Å². The van der Waals surface area contributed by atoms with Crippen molar-refractivity contribution in [1.82, 2.24) is 29.7 Å². The Morgan fingerprint density at radius 1 is 1.04 bits per heavy atom. The second-order valence-corrected chi connectivity index (χ2v) is 14.8. The van der Waals surface area contributed by atoms with Crippen LogP contribution >= 0.6 is 0 Å². The number of hydrogen-bond acceptors (Lipinski definition) is 9. The molecule has 1 amide bonds. The number of pyridine rings is 1. The zero-order valence-corrected chi connectivity index (χ0v) is 30.4. The van der Waals surface area contributed by atoms with E-state index in [9.17, 15) is 13.6 Å². The topological polar surface area (TPSA) is 91.5 Å². The highest BCUT2D eigenvalue weighted by Gasteiger charge is 2.49. The van der Waals surface area contributed by atoms with Crippen LogP contribution in [0, 0.1) is 24.0 Å². The van der Waals surface area contributed by atoms with Crippen LogP contribution in [0.5, 0.6) is 6.01 Å². The third-order valence-electron chi connectivity index (χ3n) is 11.4. The highest BCUT2D eigenvalue weighted by Crippen LogP contribution is 2.41. The molecule has 8 rings (SSSR count). The average molecular weight is 759 g/mol. The molecule has 0 spiro atoms. The Balaban J connectivity index is 1.13. The predicted molar refractivity (Wildman–Crippen MR) is 199 cm³/mol. The van der Waals surface area contributed by atoms with E-state index in [4.69, 9.17) is 21.0 Å². The monoisotopic (exact) mass is 758 g/mol. The normalized spacial score (nSPS) is 23.8. The van der Waals surface area contributed by atoms with Gasteiger partial charge in [-0.2, -0.15) is 9.97 Å². The second kappa shape index (κ2) is 15.7. The summed E-state index contributed by atoms with van der Waals surface area (Å²) in [6, 6.07) is 6.51. The minimum Gasteiger partial charge on any atom is -0.461 e. The van der Waals surface area contributed by atoms with Gasteiger partial charge in [-0.15, -0.1) is 0 Å². The minimum absolute atomic E-state index is 0.0363. The number of alkyl halides is 1. The van der Waals surface area contributed by atoms with E-state index in [0.29, 0.717) is 43.9 Å². The van der Waals surface area contributed by atoms with Gasteiger partial charge in [0, 0.05) is 82.1 Å². The predicted octanol–water partition coefficient (Wildman–Crippen LogP) is 5.43. The number of rotatable bonds is 9. The SMILES string of the molecule is [C-]#[N+]C[C@H]1CN(c2nc(OC[C@@]34CCCN3C[C@H](F)C4)nc3c(F)c(-c4cccc5ccc(F)c(F)c45)ncc23)CCN1C(=O)/C=C/CN1CCCOCC1. The molecular formula is C40H42F4N8O3. The van der Waals surface area contributed by atoms with E-state index < -0.39 is 35.2 Å². The molecule has 55 heavy (non-hydrogen) atoms. The molecular weight excluding hydrogens is 716 g/mol. The third-order valence-corrected chi connectivity index (χ3v) is 11.4. The summed E-state index contributed by atoms with van der Waals surface area (Å²) in [5.41, 5.74) is -0.837. The third kappa shape index (κ3) is 7.30. The molecule has 11 nitrogen and oxygen atoms in total. The number of amides is 1. The van der Waals surface area contributed by atoms with E-state index in [2.05, 4.69) is 24.6 Å². The number of piperazine rings is 1. The van der Waals surface area contributed by atoms with Gasteiger partial charge in [-0.25, -0.2) is 24.1 Å². The Hall–Kier alpha value is -4.91. The summed E-state index contributed by atoms with van der Waals surface area (Å²) in [7, 11) is 0. The molecule has 0 unspecified atom stereocenters. The minimum atomic E-state index is -1.12. The summed E-state index contributed by atoms with van der Waals surface area (Å²) in [6.45, 7) is 13.4. The first kappa shape index (κ1) is 37.0. The van der Waals surface area contributed by atoms with Crippen molar-refractivity contribution in [2.45, 2.75) is 43.4 Å². The fraction of sp³-hybridized carbons (Fsp3) is 0.475. The molecule has 288 valence electrons. The van der Waals surface area contributed by atoms with Gasteiger partial charge in [0.15, 0.2) is 17.5 Å². The van der Waals surface area contributed by atoms with E-state index in [0.717, 1.165) is 51.6 Å². The number of hydrogen-bond donors (Lipinski definition) is 0. The molecule has 2 aromatic carbocycles. The summed E-state index contributed by atoms with van der Waals surface area (Å²) >= 11 is 0. The van der Waals surface area contributed by atoms with Crippen LogP contribution in [0.25, 0.3) is 37.8 Å². The Bertz CT molecular complexity index is 2160. The van der Waals surface area contributed by atoms with E-state index in [1.807, 2.05) is 11.0 Å². The van der Waals surface area contributed by atoms with Crippen molar-refractivity contribution in [2.24, 2.45) is 0 Å². The van der Waals surface area contributed by atoms with E-state index in [1.54, 1.807) is 23.1 Å². The average Bonchev–Trinajstić information content (AvgIpc) is 3.58. The number of carbonyl (C=O) groups is 1. The molecule has 0 saturated carbocycles. The summed E-state index contributed by atoms with van der Waals surface area (Å²) in [6.07, 6.45) is 6.72. The molecule has 4 aromatic rings. The maximum atomic E-state index is 16.9. The van der Waals surface area contributed by atoms with Crippen LogP contribution in [-0.2, 0) is 9.53 Å². The number of nitrogens with zero attached hydrogens (tertiary/aromatic N) is 8. The van der Waals surface area contributed by atoms with Crippen LogP contribution in [-0.4, -0.2) is 132 Å². The van der Waals surface area contributed by atoms with Gasteiger partial charge >= 0.3 is 6.01 Å². The molecule has 6 heterocycles. The van der Waals surface area contributed by atoms with Crippen molar-refractivity contribution in [1.29, 1.82) is 0 Å². The van der Waals surface area contributed by atoms with Crippen LogP contribution < -0.4 is 9.64 Å². The van der Waals surface area contributed by atoms with Gasteiger partial charge in [0.2, 0.25) is 12.5 Å². The van der Waals surface area contributed by atoms with Crippen LogP contribution in [0.15, 0.2) is 48.7 Å². The first-order chi connectivity index (χ1) is 26.7. The lowest BCUT2D eigenvalue weighted by Gasteiger charge is -2.39. The van der Waals surface area contributed by atoms with Gasteiger partial charge in [0.25, 0.3) is 0 Å². The Labute approximate surface area is 316 Å². The Morgan fingerprint density at radius 3 is 2.80 bits per heavy atom. The molecule has 0 N–H and O–H groups in total. The van der Waals surface area contributed by atoms with Crippen molar-refractivity contribution < 1.29 is 31.8 Å². The number of fused-ring (bicyclic) bond motifs is 3. The van der Waals surface area contributed by atoms with Gasteiger partial charge in [-0.3, -0.25) is 19.6 Å². The number of anilines is 1. The molecule has 2 aromatic heterocycles. The molecule has 0 radical (unpaired) electrons. The molecule has 4 saturated heterocycles. The van der Waals surface area contributed by atoms with Crippen LogP contribution in [0.2, 0.25) is 0 Å². The quantitative estimate of drug-likeness (QED) is 0.126. The fourth-order valence-corrected chi connectivity index (χ4v) is 8.65. The van der Waals surface area contributed by atoms with Crippen molar-refractivity contribution in [3.63, 3.8) is 0 Å². The van der Waals surface area contributed by atoms with Crippen molar-refractivity contribution in [2.75, 3.05) is 83.6 Å². The molecule has 3 atom stereocenters. The first-order valence-corrected chi connectivity index (χ1v) is 18.9. The van der Waals surface area contributed by atoms with E-state index in [-0.39, 0.29) is 65.7 Å². The van der Waals surface area contributed by atoms with Gasteiger partial charge in [-0.1, -0.05) is 30.3 Å². The zero-order valence-electron chi connectivity index (χ0n) is 30.4. The van der Waals surface area contributed by atoms with Gasteiger partial charge < -0.3 is 24.1 Å². The van der Waals surface area contributed by atoms with Crippen molar-refractivity contribution >= 4 is 33.4 Å². The number of aromatic nitrogens is 3. The maximum Gasteiger partial charge on any atom is 0.319 e. The van der Waals surface area contributed by atoms with Gasteiger partial charge in [0.1, 0.15) is 35.8 Å². The van der Waals surface area contributed by atoms with Crippen LogP contribution in [0.4, 0.5) is 23.4 Å². The standard InChI is InChI=1S/C40H42F4N8O3/c1-45-21-28-24-50(15-16-52(28)32(53)8-3-12-49-13-5-18-54-19-17-49)38-30-22-46-36(29-7-2-6-26-9-10-31(42)34(43)33(26)29)35(44)37(30)47-39(48-38)55-25-40-11-4-14-51(40)23-27(41)20-40/h2-3,6-10,22,27-28H,4-5,11-21,23-25H2/b8-3+/t27-,28+,40+/m1/s1. The fourth-order valence-electron chi connectivity index (χ4n) is 8.65. The van der Waals surface area contributed by atoms with Gasteiger partial charge in [0.05, 0.1) is 17.5 Å². The van der Waals surface area contributed by atoms with Crippen LogP contribution in [0.1, 0.15) is 25.7 Å². The first-order valence-electron chi connectivity index (χ1n) is 18.9. The Morgan fingerprint density at radius 2 is 1.93 bits per heavy atom.